The molecule has 5 heteroatoms. The average Bonchev–Trinajstić information content (AvgIpc) is 2.49. The summed E-state index contributed by atoms with van der Waals surface area (Å²) in [5, 5.41) is 6.32. The van der Waals surface area contributed by atoms with Gasteiger partial charge in [-0.2, -0.15) is 0 Å². The van der Waals surface area contributed by atoms with Gasteiger partial charge in [0.2, 0.25) is 0 Å². The van der Waals surface area contributed by atoms with E-state index in [0.29, 0.717) is 23.7 Å². The zero-order valence-corrected chi connectivity index (χ0v) is 12.1. The third-order valence-electron chi connectivity index (χ3n) is 3.36. The molecule has 1 heterocycles. The van der Waals surface area contributed by atoms with Gasteiger partial charge in [-0.1, -0.05) is 0 Å². The molecule has 1 aliphatic heterocycles. The first-order chi connectivity index (χ1) is 9.74. The summed E-state index contributed by atoms with van der Waals surface area (Å²) >= 11 is 0. The second-order valence-corrected chi connectivity index (χ2v) is 4.82. The molecule has 1 amide bonds. The molecule has 0 aliphatic carbocycles. The van der Waals surface area contributed by atoms with E-state index in [-0.39, 0.29) is 11.9 Å². The molecule has 0 radical (unpaired) electrons. The van der Waals surface area contributed by atoms with Crippen LogP contribution in [0, 0.1) is 0 Å². The van der Waals surface area contributed by atoms with Gasteiger partial charge in [-0.3, -0.25) is 4.79 Å². The summed E-state index contributed by atoms with van der Waals surface area (Å²) in [5.74, 6) is 1.17. The lowest BCUT2D eigenvalue weighted by Gasteiger charge is -2.24. The first kappa shape index (κ1) is 14.7. The number of benzene rings is 1. The van der Waals surface area contributed by atoms with Gasteiger partial charge in [0.1, 0.15) is 0 Å². The molecule has 1 aromatic carbocycles. The molecule has 1 atom stereocenters. The van der Waals surface area contributed by atoms with Crippen molar-refractivity contribution in [3.05, 3.63) is 23.8 Å². The molecule has 5 nitrogen and oxygen atoms in total. The van der Waals surface area contributed by atoms with Crippen molar-refractivity contribution in [3.63, 3.8) is 0 Å². The van der Waals surface area contributed by atoms with Crippen LogP contribution < -0.4 is 20.1 Å². The molecular weight excluding hydrogens is 256 g/mol. The predicted octanol–water partition coefficient (Wildman–Crippen LogP) is 1.58. The molecule has 0 bridgehead atoms. The van der Waals surface area contributed by atoms with Crippen molar-refractivity contribution < 1.29 is 14.3 Å². The third kappa shape index (κ3) is 3.63. The van der Waals surface area contributed by atoms with Crippen molar-refractivity contribution in [3.8, 4) is 11.5 Å². The van der Waals surface area contributed by atoms with Crippen molar-refractivity contribution in [1.82, 2.24) is 10.6 Å². The fraction of sp³-hybridized carbons (Fsp3) is 0.533. The lowest BCUT2D eigenvalue weighted by atomic mass is 10.1. The number of piperidine rings is 1. The van der Waals surface area contributed by atoms with Crippen molar-refractivity contribution in [2.45, 2.75) is 25.8 Å². The molecule has 0 unspecified atom stereocenters. The van der Waals surface area contributed by atoms with Gasteiger partial charge in [-0.05, 0) is 44.5 Å². The van der Waals surface area contributed by atoms with E-state index in [2.05, 4.69) is 10.6 Å². The highest BCUT2D eigenvalue weighted by Crippen LogP contribution is 2.28. The van der Waals surface area contributed by atoms with Gasteiger partial charge in [0.15, 0.2) is 11.5 Å². The van der Waals surface area contributed by atoms with E-state index in [9.17, 15) is 4.79 Å². The molecular formula is C15H22N2O3. The number of rotatable bonds is 5. The fourth-order valence-corrected chi connectivity index (χ4v) is 2.33. The molecule has 2 rings (SSSR count). The highest BCUT2D eigenvalue weighted by Gasteiger charge is 2.17. The molecule has 0 spiro atoms. The number of hydrogen-bond donors (Lipinski definition) is 2. The standard InChI is InChI=1S/C15H22N2O3/c1-3-20-13-7-6-11(9-14(13)19-2)15(18)17-12-5-4-8-16-10-12/h6-7,9,12,16H,3-5,8,10H2,1-2H3,(H,17,18)/t12-/m0/s1. The summed E-state index contributed by atoms with van der Waals surface area (Å²) in [4.78, 5) is 12.2. The lowest BCUT2D eigenvalue weighted by Crippen LogP contribution is -2.45. The van der Waals surface area contributed by atoms with Crippen LogP contribution in [0.5, 0.6) is 11.5 Å². The maximum atomic E-state index is 12.2. The lowest BCUT2D eigenvalue weighted by molar-refractivity contribution is 0.0930. The molecule has 1 aromatic rings. The number of ether oxygens (including phenoxy) is 2. The monoisotopic (exact) mass is 278 g/mol. The van der Waals surface area contributed by atoms with Crippen LogP contribution in [0.25, 0.3) is 0 Å². The van der Waals surface area contributed by atoms with Crippen LogP contribution in [-0.2, 0) is 0 Å². The number of nitrogens with one attached hydrogen (secondary N) is 2. The van der Waals surface area contributed by atoms with Crippen LogP contribution in [-0.4, -0.2) is 38.8 Å². The number of hydrogen-bond acceptors (Lipinski definition) is 4. The minimum atomic E-state index is -0.0694. The summed E-state index contributed by atoms with van der Waals surface area (Å²) < 4.78 is 10.7. The van der Waals surface area contributed by atoms with E-state index in [1.165, 1.54) is 0 Å². The Bertz CT molecular complexity index is 456. The summed E-state index contributed by atoms with van der Waals surface area (Å²) in [5.41, 5.74) is 0.593. The summed E-state index contributed by atoms with van der Waals surface area (Å²) in [6.07, 6.45) is 2.12. The first-order valence-electron chi connectivity index (χ1n) is 7.07. The minimum Gasteiger partial charge on any atom is -0.493 e. The number of amides is 1. The SMILES string of the molecule is CCOc1ccc(C(=O)N[C@H]2CCCNC2)cc1OC. The van der Waals surface area contributed by atoms with Gasteiger partial charge >= 0.3 is 0 Å². The highest BCUT2D eigenvalue weighted by molar-refractivity contribution is 5.95. The van der Waals surface area contributed by atoms with Crippen LogP contribution in [0.15, 0.2) is 18.2 Å². The Hall–Kier alpha value is -1.75. The van der Waals surface area contributed by atoms with E-state index in [4.69, 9.17) is 9.47 Å². The van der Waals surface area contributed by atoms with E-state index < -0.39 is 0 Å². The Morgan fingerprint density at radius 2 is 2.30 bits per heavy atom. The molecule has 1 aliphatic rings. The predicted molar refractivity (Wildman–Crippen MR) is 77.5 cm³/mol. The summed E-state index contributed by atoms with van der Waals surface area (Å²) in [7, 11) is 1.57. The fourth-order valence-electron chi connectivity index (χ4n) is 2.33. The van der Waals surface area contributed by atoms with E-state index in [1.807, 2.05) is 6.92 Å². The molecule has 110 valence electrons. The second-order valence-electron chi connectivity index (χ2n) is 4.82. The van der Waals surface area contributed by atoms with Crippen LogP contribution >= 0.6 is 0 Å². The Morgan fingerprint density at radius 3 is 2.95 bits per heavy atom. The maximum Gasteiger partial charge on any atom is 0.251 e. The first-order valence-corrected chi connectivity index (χ1v) is 7.07. The second kappa shape index (κ2) is 7.14. The van der Waals surface area contributed by atoms with Crippen LogP contribution in [0.4, 0.5) is 0 Å². The Morgan fingerprint density at radius 1 is 1.45 bits per heavy atom. The zero-order valence-electron chi connectivity index (χ0n) is 12.1. The normalized spacial score (nSPS) is 18.4. The van der Waals surface area contributed by atoms with Crippen molar-refractivity contribution in [2.24, 2.45) is 0 Å². The van der Waals surface area contributed by atoms with Gasteiger partial charge in [0, 0.05) is 18.2 Å². The van der Waals surface area contributed by atoms with Crippen molar-refractivity contribution in [2.75, 3.05) is 26.8 Å². The number of carbonyl (C=O) groups is 1. The molecule has 0 saturated carbocycles. The van der Waals surface area contributed by atoms with Crippen LogP contribution in [0.2, 0.25) is 0 Å². The summed E-state index contributed by atoms with van der Waals surface area (Å²) in [6, 6.07) is 5.46. The molecule has 2 N–H and O–H groups in total. The molecule has 20 heavy (non-hydrogen) atoms. The van der Waals surface area contributed by atoms with E-state index in [1.54, 1.807) is 25.3 Å². The number of carbonyl (C=O) groups excluding carboxylic acids is 1. The van der Waals surface area contributed by atoms with Crippen LogP contribution in [0.3, 0.4) is 0 Å². The Labute approximate surface area is 119 Å². The maximum absolute atomic E-state index is 12.2. The van der Waals surface area contributed by atoms with Gasteiger partial charge in [-0.25, -0.2) is 0 Å². The summed E-state index contributed by atoms with van der Waals surface area (Å²) in [6.45, 7) is 4.34. The largest absolute Gasteiger partial charge is 0.493 e. The van der Waals surface area contributed by atoms with Crippen molar-refractivity contribution >= 4 is 5.91 Å². The van der Waals surface area contributed by atoms with Crippen LogP contribution in [0.1, 0.15) is 30.1 Å². The highest BCUT2D eigenvalue weighted by atomic mass is 16.5. The van der Waals surface area contributed by atoms with Gasteiger partial charge in [0.25, 0.3) is 5.91 Å². The van der Waals surface area contributed by atoms with E-state index >= 15 is 0 Å². The van der Waals surface area contributed by atoms with E-state index in [0.717, 1.165) is 25.9 Å². The Balaban J connectivity index is 2.05. The van der Waals surface area contributed by atoms with Gasteiger partial charge in [-0.15, -0.1) is 0 Å². The minimum absolute atomic E-state index is 0.0694. The smallest absolute Gasteiger partial charge is 0.251 e. The molecule has 1 fully saturated rings. The van der Waals surface area contributed by atoms with Gasteiger partial charge < -0.3 is 20.1 Å². The molecule has 1 saturated heterocycles. The Kier molecular flexibility index (Phi) is 5.24. The topological polar surface area (TPSA) is 59.6 Å². The van der Waals surface area contributed by atoms with Crippen molar-refractivity contribution in [1.29, 1.82) is 0 Å². The molecule has 0 aromatic heterocycles. The zero-order chi connectivity index (χ0) is 14.4. The quantitative estimate of drug-likeness (QED) is 0.858. The third-order valence-corrected chi connectivity index (χ3v) is 3.36. The average molecular weight is 278 g/mol. The number of methoxy groups -OCH3 is 1. The van der Waals surface area contributed by atoms with Gasteiger partial charge in [0.05, 0.1) is 13.7 Å².